The van der Waals surface area contributed by atoms with E-state index in [4.69, 9.17) is 0 Å². The Morgan fingerprint density at radius 2 is 1.95 bits per heavy atom. The molecule has 0 radical (unpaired) electrons. The van der Waals surface area contributed by atoms with Crippen LogP contribution in [-0.2, 0) is 17.9 Å². The van der Waals surface area contributed by atoms with Gasteiger partial charge in [0.05, 0.1) is 24.0 Å². The van der Waals surface area contributed by atoms with Crippen LogP contribution in [0.25, 0.3) is 0 Å². The molecule has 0 saturated carbocycles. The third kappa shape index (κ3) is 2.14. The minimum Gasteiger partial charge on any atom is -0.300 e. The van der Waals surface area contributed by atoms with Crippen LogP contribution >= 0.6 is 0 Å². The Labute approximate surface area is 123 Å². The fourth-order valence-electron chi connectivity index (χ4n) is 2.83. The molecule has 1 aromatic carbocycles. The molecule has 0 unspecified atom stereocenters. The van der Waals surface area contributed by atoms with Crippen molar-refractivity contribution in [2.24, 2.45) is 0 Å². The highest BCUT2D eigenvalue weighted by molar-refractivity contribution is 6.52. The Morgan fingerprint density at radius 1 is 1.19 bits per heavy atom. The smallest absolute Gasteiger partial charge is 0.299 e. The summed E-state index contributed by atoms with van der Waals surface area (Å²) in [5.41, 5.74) is 4.12. The molecule has 1 aliphatic rings. The van der Waals surface area contributed by atoms with Gasteiger partial charge in [0, 0.05) is 18.3 Å². The molecule has 0 N–H and O–H groups in total. The van der Waals surface area contributed by atoms with E-state index in [9.17, 15) is 9.59 Å². The summed E-state index contributed by atoms with van der Waals surface area (Å²) in [6.07, 6.45) is 3.64. The average Bonchev–Trinajstić information content (AvgIpc) is 2.98. The zero-order valence-corrected chi connectivity index (χ0v) is 12.4. The molecule has 3 rings (SSSR count). The number of Topliss-reactive ketones (excluding diaryl/α,β-unsaturated/α-hetero) is 1. The number of benzene rings is 1. The summed E-state index contributed by atoms with van der Waals surface area (Å²) >= 11 is 0. The lowest BCUT2D eigenvalue weighted by molar-refractivity contribution is -0.114. The van der Waals surface area contributed by atoms with Crippen molar-refractivity contribution in [3.8, 4) is 0 Å². The molecule has 5 nitrogen and oxygen atoms in total. The Morgan fingerprint density at radius 3 is 2.62 bits per heavy atom. The van der Waals surface area contributed by atoms with Crippen LogP contribution in [0.4, 0.5) is 5.69 Å². The van der Waals surface area contributed by atoms with Gasteiger partial charge in [-0.1, -0.05) is 6.07 Å². The van der Waals surface area contributed by atoms with Gasteiger partial charge in [0.25, 0.3) is 11.7 Å². The molecule has 1 amide bonds. The number of carbonyl (C=O) groups is 2. The molecular weight excluding hydrogens is 266 g/mol. The summed E-state index contributed by atoms with van der Waals surface area (Å²) in [5, 5.41) is 4.21. The molecule has 5 heteroatoms. The van der Waals surface area contributed by atoms with Gasteiger partial charge in [0.15, 0.2) is 0 Å². The number of hydrogen-bond acceptors (Lipinski definition) is 3. The van der Waals surface area contributed by atoms with E-state index >= 15 is 0 Å². The maximum absolute atomic E-state index is 12.3. The molecule has 0 saturated heterocycles. The first-order chi connectivity index (χ1) is 10.0. The lowest BCUT2D eigenvalue weighted by atomic mass is 10.0. The second kappa shape index (κ2) is 4.84. The normalized spacial score (nSPS) is 14.0. The van der Waals surface area contributed by atoms with E-state index in [1.54, 1.807) is 21.8 Å². The lowest BCUT2D eigenvalue weighted by Gasteiger charge is -2.17. The van der Waals surface area contributed by atoms with Crippen LogP contribution < -0.4 is 4.90 Å². The summed E-state index contributed by atoms with van der Waals surface area (Å²) in [5.74, 6) is -0.873. The van der Waals surface area contributed by atoms with Gasteiger partial charge in [-0.3, -0.25) is 19.2 Å². The van der Waals surface area contributed by atoms with E-state index < -0.39 is 11.7 Å². The zero-order valence-electron chi connectivity index (χ0n) is 12.4. The predicted molar refractivity (Wildman–Crippen MR) is 79.3 cm³/mol. The molecular formula is C16H17N3O2. The van der Waals surface area contributed by atoms with Crippen LogP contribution in [0, 0.1) is 13.8 Å². The zero-order chi connectivity index (χ0) is 15.1. The highest BCUT2D eigenvalue weighted by Gasteiger charge is 2.37. The summed E-state index contributed by atoms with van der Waals surface area (Å²) in [6.45, 7) is 7.02. The predicted octanol–water partition coefficient (Wildman–Crippen LogP) is 2.25. The maximum Gasteiger partial charge on any atom is 0.299 e. The SMILES string of the molecule is CCn1cc(CN2C(=O)C(=O)c3cc(C)cc(C)c32)cn1. The summed E-state index contributed by atoms with van der Waals surface area (Å²) < 4.78 is 1.81. The van der Waals surface area contributed by atoms with Crippen LogP contribution in [0.2, 0.25) is 0 Å². The first-order valence-corrected chi connectivity index (χ1v) is 7.00. The van der Waals surface area contributed by atoms with Gasteiger partial charge >= 0.3 is 0 Å². The molecule has 108 valence electrons. The highest BCUT2D eigenvalue weighted by atomic mass is 16.2. The third-order valence-electron chi connectivity index (χ3n) is 3.75. The number of rotatable bonds is 3. The number of aromatic nitrogens is 2. The minimum atomic E-state index is -0.456. The van der Waals surface area contributed by atoms with Crippen molar-refractivity contribution >= 4 is 17.4 Å². The van der Waals surface area contributed by atoms with Crippen molar-refractivity contribution < 1.29 is 9.59 Å². The van der Waals surface area contributed by atoms with Gasteiger partial charge < -0.3 is 0 Å². The van der Waals surface area contributed by atoms with Crippen molar-refractivity contribution in [2.45, 2.75) is 33.9 Å². The number of amides is 1. The molecule has 1 aliphatic heterocycles. The summed E-state index contributed by atoms with van der Waals surface area (Å²) in [6, 6.07) is 3.78. The van der Waals surface area contributed by atoms with Crippen LogP contribution in [0.5, 0.6) is 0 Å². The van der Waals surface area contributed by atoms with Gasteiger partial charge in [-0.15, -0.1) is 0 Å². The second-order valence-electron chi connectivity index (χ2n) is 5.40. The molecule has 0 aliphatic carbocycles. The first kappa shape index (κ1) is 13.5. The lowest BCUT2D eigenvalue weighted by Crippen LogP contribution is -2.29. The molecule has 0 bridgehead atoms. The number of fused-ring (bicyclic) bond motifs is 1. The second-order valence-corrected chi connectivity index (χ2v) is 5.40. The van der Waals surface area contributed by atoms with E-state index in [-0.39, 0.29) is 0 Å². The Kier molecular flexibility index (Phi) is 3.12. The number of ketones is 1. The van der Waals surface area contributed by atoms with E-state index in [1.165, 1.54) is 0 Å². The first-order valence-electron chi connectivity index (χ1n) is 7.00. The van der Waals surface area contributed by atoms with Crippen LogP contribution in [0.15, 0.2) is 24.5 Å². The van der Waals surface area contributed by atoms with E-state index in [0.717, 1.165) is 28.9 Å². The summed E-state index contributed by atoms with van der Waals surface area (Å²) in [4.78, 5) is 26.0. The van der Waals surface area contributed by atoms with Crippen LogP contribution in [-0.4, -0.2) is 21.5 Å². The average molecular weight is 283 g/mol. The van der Waals surface area contributed by atoms with Gasteiger partial charge in [-0.2, -0.15) is 5.10 Å². The van der Waals surface area contributed by atoms with Gasteiger partial charge in [0.2, 0.25) is 0 Å². The van der Waals surface area contributed by atoms with Gasteiger partial charge in [-0.25, -0.2) is 0 Å². The molecule has 0 spiro atoms. The largest absolute Gasteiger partial charge is 0.300 e. The van der Waals surface area contributed by atoms with E-state index in [2.05, 4.69) is 5.10 Å². The van der Waals surface area contributed by atoms with E-state index in [1.807, 2.05) is 33.0 Å². The number of carbonyl (C=O) groups excluding carboxylic acids is 2. The van der Waals surface area contributed by atoms with Crippen molar-refractivity contribution in [2.75, 3.05) is 4.90 Å². The fraction of sp³-hybridized carbons (Fsp3) is 0.312. The number of nitrogens with zero attached hydrogens (tertiary/aromatic N) is 3. The standard InChI is InChI=1S/C16H17N3O2/c1-4-18-8-12(7-17-18)9-19-14-11(3)5-10(2)6-13(14)15(20)16(19)21/h5-8H,4,9H2,1-3H3. The fourth-order valence-corrected chi connectivity index (χ4v) is 2.83. The van der Waals surface area contributed by atoms with Crippen LogP contribution in [0.1, 0.15) is 34.0 Å². The highest BCUT2D eigenvalue weighted by Crippen LogP contribution is 2.34. The van der Waals surface area contributed by atoms with Gasteiger partial charge in [-0.05, 0) is 38.0 Å². The Bertz CT molecular complexity index is 746. The molecule has 2 aromatic rings. The molecule has 0 fully saturated rings. The van der Waals surface area contributed by atoms with Crippen molar-refractivity contribution in [1.29, 1.82) is 0 Å². The molecule has 21 heavy (non-hydrogen) atoms. The van der Waals surface area contributed by atoms with E-state index in [0.29, 0.717) is 12.1 Å². The van der Waals surface area contributed by atoms with Crippen molar-refractivity contribution in [3.63, 3.8) is 0 Å². The topological polar surface area (TPSA) is 55.2 Å². The third-order valence-corrected chi connectivity index (χ3v) is 3.75. The number of hydrogen-bond donors (Lipinski definition) is 0. The monoisotopic (exact) mass is 283 g/mol. The van der Waals surface area contributed by atoms with Crippen molar-refractivity contribution in [3.05, 3.63) is 46.8 Å². The summed E-state index contributed by atoms with van der Waals surface area (Å²) in [7, 11) is 0. The maximum atomic E-state index is 12.3. The Balaban J connectivity index is 2.01. The molecule has 0 atom stereocenters. The van der Waals surface area contributed by atoms with Crippen molar-refractivity contribution in [1.82, 2.24) is 9.78 Å². The number of anilines is 1. The number of aryl methyl sites for hydroxylation is 3. The van der Waals surface area contributed by atoms with Crippen LogP contribution in [0.3, 0.4) is 0 Å². The molecule has 1 aromatic heterocycles. The van der Waals surface area contributed by atoms with Gasteiger partial charge in [0.1, 0.15) is 0 Å². The Hall–Kier alpha value is -2.43. The molecule has 2 heterocycles. The quantitative estimate of drug-likeness (QED) is 0.812. The minimum absolute atomic E-state index is 0.376.